The first-order valence-corrected chi connectivity index (χ1v) is 8.63. The molecule has 0 radical (unpaired) electrons. The number of aromatic nitrogens is 1. The van der Waals surface area contributed by atoms with Crippen LogP contribution in [0.1, 0.15) is 0 Å². The second kappa shape index (κ2) is 5.16. The lowest BCUT2D eigenvalue weighted by Crippen LogP contribution is -2.08. The van der Waals surface area contributed by atoms with Crippen LogP contribution in [0.2, 0.25) is 0 Å². The summed E-state index contributed by atoms with van der Waals surface area (Å²) in [4.78, 5) is 17.6. The van der Waals surface area contributed by atoms with Gasteiger partial charge in [0.25, 0.3) is 0 Å². The van der Waals surface area contributed by atoms with Crippen molar-refractivity contribution in [2.24, 2.45) is 0 Å². The van der Waals surface area contributed by atoms with Crippen molar-refractivity contribution in [2.75, 3.05) is 5.73 Å². The Balaban J connectivity index is 1.86. The summed E-state index contributed by atoms with van der Waals surface area (Å²) < 4.78 is 6.79. The molecule has 5 aromatic rings. The number of hydrogen-bond donors (Lipinski definition) is 1. The van der Waals surface area contributed by atoms with Crippen LogP contribution in [0.3, 0.4) is 0 Å². The van der Waals surface area contributed by atoms with Crippen LogP contribution < -0.4 is 11.2 Å². The molecule has 120 valence electrons. The highest BCUT2D eigenvalue weighted by atomic mass is 32.1. The van der Waals surface area contributed by atoms with E-state index in [4.69, 9.17) is 10.2 Å². The number of thiazole rings is 1. The third-order valence-electron chi connectivity index (χ3n) is 4.29. The molecule has 0 spiro atoms. The molecule has 0 bridgehead atoms. The molecule has 2 aromatic heterocycles. The molecule has 4 nitrogen and oxygen atoms in total. The molecule has 3 aromatic carbocycles. The molecule has 0 saturated heterocycles. The minimum absolute atomic E-state index is 0.104. The minimum Gasteiger partial charge on any atom is -0.440 e. The van der Waals surface area contributed by atoms with Crippen molar-refractivity contribution in [3.05, 3.63) is 70.9 Å². The molecule has 0 unspecified atom stereocenters. The molecule has 0 amide bonds. The van der Waals surface area contributed by atoms with Gasteiger partial charge in [-0.05, 0) is 35.0 Å². The maximum Gasteiger partial charge on any atom is 0.205 e. The van der Waals surface area contributed by atoms with Gasteiger partial charge in [-0.25, -0.2) is 4.98 Å². The summed E-state index contributed by atoms with van der Waals surface area (Å²) in [5, 5.41) is 3.09. The van der Waals surface area contributed by atoms with Crippen LogP contribution in [0, 0.1) is 0 Å². The number of nitrogens with zero attached hydrogens (tertiary/aromatic N) is 1. The molecule has 5 rings (SSSR count). The monoisotopic (exact) mass is 344 g/mol. The van der Waals surface area contributed by atoms with Gasteiger partial charge in [-0.15, -0.1) is 11.3 Å². The lowest BCUT2D eigenvalue weighted by molar-refractivity contribution is 0.627. The standard InChI is InChI=1S/C20H12N2O2S/c21-19-17(20-22-14-7-3-4-8-16(14)25-20)18(23)13-9-11-5-1-2-6-12(11)10-15(13)24-19/h1-10H,21H2. The molecule has 0 aliphatic rings. The number of rotatable bonds is 1. The number of nitrogens with two attached hydrogens (primary N) is 1. The molecule has 2 heterocycles. The van der Waals surface area contributed by atoms with E-state index in [0.29, 0.717) is 21.5 Å². The number of hydrogen-bond acceptors (Lipinski definition) is 5. The molecule has 2 N–H and O–H groups in total. The van der Waals surface area contributed by atoms with Crippen LogP contribution >= 0.6 is 11.3 Å². The first kappa shape index (κ1) is 14.2. The number of anilines is 1. The fraction of sp³-hybridized carbons (Fsp3) is 0. The van der Waals surface area contributed by atoms with Crippen LogP contribution in [0.5, 0.6) is 0 Å². The molecule has 0 saturated carbocycles. The molecule has 5 heteroatoms. The molecule has 0 fully saturated rings. The average Bonchev–Trinajstić information content (AvgIpc) is 3.04. The van der Waals surface area contributed by atoms with Gasteiger partial charge < -0.3 is 10.2 Å². The third kappa shape index (κ3) is 2.13. The topological polar surface area (TPSA) is 69.1 Å². The summed E-state index contributed by atoms with van der Waals surface area (Å²) in [6.07, 6.45) is 0. The van der Waals surface area contributed by atoms with E-state index in [1.165, 1.54) is 11.3 Å². The normalized spacial score (nSPS) is 11.5. The molecular weight excluding hydrogens is 332 g/mol. The van der Waals surface area contributed by atoms with Gasteiger partial charge in [0.2, 0.25) is 11.3 Å². The summed E-state index contributed by atoms with van der Waals surface area (Å²) in [6, 6.07) is 19.3. The van der Waals surface area contributed by atoms with E-state index >= 15 is 0 Å². The Morgan fingerprint density at radius 2 is 1.68 bits per heavy atom. The van der Waals surface area contributed by atoms with Gasteiger partial charge in [0.05, 0.1) is 15.6 Å². The van der Waals surface area contributed by atoms with Gasteiger partial charge in [0.15, 0.2) is 0 Å². The van der Waals surface area contributed by atoms with Gasteiger partial charge in [0.1, 0.15) is 16.2 Å². The second-order valence-corrected chi connectivity index (χ2v) is 6.88. The average molecular weight is 344 g/mol. The zero-order valence-electron chi connectivity index (χ0n) is 13.0. The van der Waals surface area contributed by atoms with Crippen LogP contribution in [-0.2, 0) is 0 Å². The van der Waals surface area contributed by atoms with E-state index in [1.54, 1.807) is 0 Å². The summed E-state index contributed by atoms with van der Waals surface area (Å²) in [6.45, 7) is 0. The van der Waals surface area contributed by atoms with Crippen molar-refractivity contribution in [1.29, 1.82) is 0 Å². The van der Waals surface area contributed by atoms with Crippen molar-refractivity contribution in [2.45, 2.75) is 0 Å². The van der Waals surface area contributed by atoms with Crippen molar-refractivity contribution in [3.8, 4) is 10.6 Å². The Morgan fingerprint density at radius 3 is 2.48 bits per heavy atom. The largest absolute Gasteiger partial charge is 0.440 e. The first-order valence-electron chi connectivity index (χ1n) is 7.82. The van der Waals surface area contributed by atoms with E-state index in [1.807, 2.05) is 60.7 Å². The summed E-state index contributed by atoms with van der Waals surface area (Å²) in [5.41, 5.74) is 7.61. The van der Waals surface area contributed by atoms with Gasteiger partial charge in [-0.3, -0.25) is 4.79 Å². The zero-order chi connectivity index (χ0) is 17.0. The van der Waals surface area contributed by atoms with Crippen LogP contribution in [0.15, 0.2) is 69.9 Å². The van der Waals surface area contributed by atoms with Crippen LogP contribution in [0.25, 0.3) is 42.5 Å². The lowest BCUT2D eigenvalue weighted by Gasteiger charge is -2.05. The SMILES string of the molecule is Nc1oc2cc3ccccc3cc2c(=O)c1-c1nc2ccccc2s1. The van der Waals surface area contributed by atoms with E-state index < -0.39 is 0 Å². The van der Waals surface area contributed by atoms with Gasteiger partial charge in [-0.2, -0.15) is 0 Å². The maximum absolute atomic E-state index is 13.1. The van der Waals surface area contributed by atoms with Gasteiger partial charge in [0, 0.05) is 0 Å². The maximum atomic E-state index is 13.1. The summed E-state index contributed by atoms with van der Waals surface area (Å²) in [7, 11) is 0. The Morgan fingerprint density at radius 1 is 0.960 bits per heavy atom. The van der Waals surface area contributed by atoms with Crippen LogP contribution in [-0.4, -0.2) is 4.98 Å². The summed E-state index contributed by atoms with van der Waals surface area (Å²) in [5.74, 6) is 0.104. The predicted octanol–water partition coefficient (Wildman–Crippen LogP) is 4.81. The Kier molecular flexibility index (Phi) is 2.93. The fourth-order valence-electron chi connectivity index (χ4n) is 3.08. The number of para-hydroxylation sites is 1. The number of fused-ring (bicyclic) bond motifs is 3. The minimum atomic E-state index is -0.149. The Labute approximate surface area is 146 Å². The number of benzene rings is 3. The van der Waals surface area contributed by atoms with Crippen molar-refractivity contribution in [1.82, 2.24) is 4.98 Å². The summed E-state index contributed by atoms with van der Waals surface area (Å²) >= 11 is 1.44. The van der Waals surface area contributed by atoms with E-state index in [9.17, 15) is 4.79 Å². The van der Waals surface area contributed by atoms with Gasteiger partial charge >= 0.3 is 0 Å². The molecule has 0 atom stereocenters. The van der Waals surface area contributed by atoms with Crippen molar-refractivity contribution in [3.63, 3.8) is 0 Å². The molecule has 0 aliphatic carbocycles. The molecular formula is C20H12N2O2S. The number of nitrogen functional groups attached to an aromatic ring is 1. The predicted molar refractivity (Wildman–Crippen MR) is 103 cm³/mol. The molecule has 25 heavy (non-hydrogen) atoms. The van der Waals surface area contributed by atoms with E-state index in [-0.39, 0.29) is 11.3 Å². The van der Waals surface area contributed by atoms with Crippen LogP contribution in [0.4, 0.5) is 5.88 Å². The quantitative estimate of drug-likeness (QED) is 0.443. The van der Waals surface area contributed by atoms with E-state index in [0.717, 1.165) is 21.0 Å². The van der Waals surface area contributed by atoms with Gasteiger partial charge in [-0.1, -0.05) is 36.4 Å². The second-order valence-electron chi connectivity index (χ2n) is 5.85. The highest BCUT2D eigenvalue weighted by Gasteiger charge is 2.18. The van der Waals surface area contributed by atoms with Crippen molar-refractivity contribution < 1.29 is 4.42 Å². The third-order valence-corrected chi connectivity index (χ3v) is 5.35. The first-order chi connectivity index (χ1) is 12.2. The molecule has 0 aliphatic heterocycles. The van der Waals surface area contributed by atoms with E-state index in [2.05, 4.69) is 4.98 Å². The van der Waals surface area contributed by atoms with Crippen molar-refractivity contribution >= 4 is 49.2 Å². The fourth-order valence-corrected chi connectivity index (χ4v) is 4.09. The Hall–Kier alpha value is -3.18. The zero-order valence-corrected chi connectivity index (χ0v) is 13.8. The highest BCUT2D eigenvalue weighted by Crippen LogP contribution is 2.33. The smallest absolute Gasteiger partial charge is 0.205 e. The highest BCUT2D eigenvalue weighted by molar-refractivity contribution is 7.21. The Bertz CT molecular complexity index is 1300. The lowest BCUT2D eigenvalue weighted by atomic mass is 10.1.